The zero-order valence-corrected chi connectivity index (χ0v) is 17.9. The van der Waals surface area contributed by atoms with Gasteiger partial charge < -0.3 is 14.5 Å². The van der Waals surface area contributed by atoms with E-state index in [0.29, 0.717) is 10.8 Å². The molecule has 154 valence electrons. The summed E-state index contributed by atoms with van der Waals surface area (Å²) in [6.45, 7) is 9.97. The highest BCUT2D eigenvalue weighted by molar-refractivity contribution is 7.16. The number of rotatable bonds is 8. The van der Waals surface area contributed by atoms with Gasteiger partial charge in [0.1, 0.15) is 0 Å². The number of nitrogens with zero attached hydrogens (tertiary/aromatic N) is 6. The van der Waals surface area contributed by atoms with Crippen LogP contribution in [-0.4, -0.2) is 97.3 Å². The topological polar surface area (TPSA) is 83.4 Å². The molecule has 0 spiro atoms. The van der Waals surface area contributed by atoms with E-state index < -0.39 is 0 Å². The molecular formula is C18H28N6O3S. The molecule has 0 aliphatic carbocycles. The lowest BCUT2D eigenvalue weighted by atomic mass is 10.2. The molecule has 1 amide bonds. The van der Waals surface area contributed by atoms with Crippen LogP contribution in [0.3, 0.4) is 0 Å². The average Bonchev–Trinajstić information content (AvgIpc) is 3.18. The maximum absolute atomic E-state index is 12.1. The molecule has 1 aliphatic heterocycles. The lowest BCUT2D eigenvalue weighted by Crippen LogP contribution is -2.43. The molecule has 1 aliphatic rings. The smallest absolute Gasteiger partial charge is 0.308 e. The van der Waals surface area contributed by atoms with E-state index in [0.717, 1.165) is 48.3 Å². The van der Waals surface area contributed by atoms with Gasteiger partial charge in [0, 0.05) is 46.0 Å². The maximum Gasteiger partial charge on any atom is 0.308 e. The highest BCUT2D eigenvalue weighted by Crippen LogP contribution is 2.21. The summed E-state index contributed by atoms with van der Waals surface area (Å²) in [6, 6.07) is 0. The maximum atomic E-state index is 12.1. The Morgan fingerprint density at radius 1 is 1.29 bits per heavy atom. The number of piperazine rings is 1. The number of carbonyl (C=O) groups excluding carboxylic acids is 1. The van der Waals surface area contributed by atoms with Crippen LogP contribution in [0.25, 0.3) is 0 Å². The number of aromatic nitrogens is 2. The summed E-state index contributed by atoms with van der Waals surface area (Å²) < 4.78 is 5.42. The van der Waals surface area contributed by atoms with Crippen molar-refractivity contribution in [3.63, 3.8) is 0 Å². The first-order chi connectivity index (χ1) is 13.3. The van der Waals surface area contributed by atoms with Crippen LogP contribution >= 0.6 is 11.3 Å². The second kappa shape index (κ2) is 10.4. The van der Waals surface area contributed by atoms with Crippen LogP contribution in [0.15, 0.2) is 29.4 Å². The van der Waals surface area contributed by atoms with Crippen molar-refractivity contribution in [1.29, 1.82) is 0 Å². The molecule has 1 saturated heterocycles. The predicted molar refractivity (Wildman–Crippen MR) is 110 cm³/mol. The molecule has 1 aromatic heterocycles. The Hall–Kier alpha value is -2.14. The summed E-state index contributed by atoms with van der Waals surface area (Å²) in [5.41, 5.74) is 1.60. The summed E-state index contributed by atoms with van der Waals surface area (Å²) in [4.78, 5) is 26.0. The fourth-order valence-electron chi connectivity index (χ4n) is 2.44. The van der Waals surface area contributed by atoms with Crippen molar-refractivity contribution in [3.8, 4) is 0 Å². The van der Waals surface area contributed by atoms with Gasteiger partial charge >= 0.3 is 5.91 Å². The standard InChI is InChI=1S/C18H28N6O3S/c1-13(24-11-9-22(3)10-12-24)7-8-15(14(2)26-5)19-18-21-20-16(28-18)17(25)23(4)27-6/h7-8,14H,1,9-12H2,2-6H3/b8-7-,19-15?. The Kier molecular flexibility index (Phi) is 8.24. The van der Waals surface area contributed by atoms with E-state index >= 15 is 0 Å². The molecule has 2 rings (SSSR count). The third-order valence-corrected chi connectivity index (χ3v) is 5.31. The van der Waals surface area contributed by atoms with Gasteiger partial charge in [0.2, 0.25) is 10.1 Å². The van der Waals surface area contributed by atoms with Crippen molar-refractivity contribution in [3.05, 3.63) is 29.4 Å². The Morgan fingerprint density at radius 3 is 2.57 bits per heavy atom. The van der Waals surface area contributed by atoms with Crippen molar-refractivity contribution in [2.75, 3.05) is 54.5 Å². The number of ether oxygens (including phenoxy) is 1. The van der Waals surface area contributed by atoms with Crippen LogP contribution in [0.2, 0.25) is 0 Å². The second-order valence-corrected chi connectivity index (χ2v) is 7.36. The van der Waals surface area contributed by atoms with Crippen molar-refractivity contribution in [2.45, 2.75) is 13.0 Å². The Labute approximate surface area is 169 Å². The first-order valence-corrected chi connectivity index (χ1v) is 9.74. The average molecular weight is 409 g/mol. The summed E-state index contributed by atoms with van der Waals surface area (Å²) in [5.74, 6) is -0.373. The van der Waals surface area contributed by atoms with E-state index in [9.17, 15) is 4.79 Å². The second-order valence-electron chi connectivity index (χ2n) is 6.40. The molecule has 0 aromatic carbocycles. The molecule has 0 saturated carbocycles. The summed E-state index contributed by atoms with van der Waals surface area (Å²) in [6.07, 6.45) is 3.56. The van der Waals surface area contributed by atoms with E-state index in [-0.39, 0.29) is 17.0 Å². The number of hydrogen-bond acceptors (Lipinski definition) is 9. The molecule has 10 heteroatoms. The van der Waals surface area contributed by atoms with Gasteiger partial charge in [0.15, 0.2) is 0 Å². The van der Waals surface area contributed by atoms with Gasteiger partial charge in [-0.15, -0.1) is 10.2 Å². The van der Waals surface area contributed by atoms with Gasteiger partial charge in [-0.2, -0.15) is 0 Å². The molecule has 0 N–H and O–H groups in total. The van der Waals surface area contributed by atoms with Gasteiger partial charge in [0.25, 0.3) is 0 Å². The molecule has 1 unspecified atom stereocenters. The minimum Gasteiger partial charge on any atom is -0.375 e. The largest absolute Gasteiger partial charge is 0.375 e. The van der Waals surface area contributed by atoms with Crippen LogP contribution in [0.1, 0.15) is 16.7 Å². The van der Waals surface area contributed by atoms with E-state index in [1.54, 1.807) is 7.11 Å². The van der Waals surface area contributed by atoms with E-state index in [2.05, 4.69) is 38.6 Å². The Bertz CT molecular complexity index is 739. The highest BCUT2D eigenvalue weighted by atomic mass is 32.1. The molecule has 0 radical (unpaired) electrons. The summed E-state index contributed by atoms with van der Waals surface area (Å²) in [5, 5.41) is 9.55. The monoisotopic (exact) mass is 408 g/mol. The van der Waals surface area contributed by atoms with Crippen molar-refractivity contribution >= 4 is 28.1 Å². The predicted octanol–water partition coefficient (Wildman–Crippen LogP) is 1.60. The third-order valence-electron chi connectivity index (χ3n) is 4.51. The fraction of sp³-hybridized carbons (Fsp3) is 0.556. The normalized spacial score (nSPS) is 17.2. The first-order valence-electron chi connectivity index (χ1n) is 8.93. The molecular weight excluding hydrogens is 380 g/mol. The van der Waals surface area contributed by atoms with Crippen molar-refractivity contribution in [1.82, 2.24) is 25.1 Å². The first kappa shape index (κ1) is 22.2. The van der Waals surface area contributed by atoms with Crippen LogP contribution in [0, 0.1) is 0 Å². The zero-order chi connectivity index (χ0) is 20.7. The van der Waals surface area contributed by atoms with Crippen LogP contribution in [-0.2, 0) is 9.57 Å². The molecule has 1 fully saturated rings. The lowest BCUT2D eigenvalue weighted by molar-refractivity contribution is -0.0757. The Morgan fingerprint density at radius 2 is 1.96 bits per heavy atom. The third kappa shape index (κ3) is 5.93. The zero-order valence-electron chi connectivity index (χ0n) is 17.1. The molecule has 9 nitrogen and oxygen atoms in total. The molecule has 1 atom stereocenters. The summed E-state index contributed by atoms with van der Waals surface area (Å²) >= 11 is 1.09. The van der Waals surface area contributed by atoms with Crippen molar-refractivity contribution < 1.29 is 14.4 Å². The number of hydrogen-bond donors (Lipinski definition) is 0. The number of allylic oxidation sites excluding steroid dienone is 1. The van der Waals surface area contributed by atoms with Gasteiger partial charge in [-0.1, -0.05) is 17.9 Å². The highest BCUT2D eigenvalue weighted by Gasteiger charge is 2.18. The molecule has 2 heterocycles. The van der Waals surface area contributed by atoms with E-state index in [4.69, 9.17) is 9.57 Å². The summed E-state index contributed by atoms with van der Waals surface area (Å²) in [7, 11) is 6.66. The number of hydroxylamine groups is 2. The number of methoxy groups -OCH3 is 1. The van der Waals surface area contributed by atoms with E-state index in [1.165, 1.54) is 14.2 Å². The molecule has 1 aromatic rings. The number of carbonyl (C=O) groups is 1. The van der Waals surface area contributed by atoms with Crippen LogP contribution in [0.5, 0.6) is 0 Å². The van der Waals surface area contributed by atoms with E-state index in [1.807, 2.05) is 19.1 Å². The molecule has 0 bridgehead atoms. The van der Waals surface area contributed by atoms with Crippen molar-refractivity contribution in [2.24, 2.45) is 4.99 Å². The number of aliphatic imine (C=N–C) groups is 1. The van der Waals surface area contributed by atoms with Gasteiger partial charge in [-0.05, 0) is 26.1 Å². The number of amides is 1. The van der Waals surface area contributed by atoms with Crippen LogP contribution in [0.4, 0.5) is 5.13 Å². The number of likely N-dealkylation sites (N-methyl/N-ethyl adjacent to an activating group) is 1. The van der Waals surface area contributed by atoms with Gasteiger partial charge in [0.05, 0.1) is 18.9 Å². The fourth-order valence-corrected chi connectivity index (χ4v) is 3.14. The van der Waals surface area contributed by atoms with Crippen LogP contribution < -0.4 is 0 Å². The molecule has 28 heavy (non-hydrogen) atoms. The van der Waals surface area contributed by atoms with Gasteiger partial charge in [-0.25, -0.2) is 10.1 Å². The minimum atomic E-state index is -0.373. The SMILES string of the molecule is C=C(/C=C\C(=Nc1nnc(C(=O)N(C)OC)s1)C(C)OC)N1CCN(C)CC1. The Balaban J connectivity index is 2.14. The van der Waals surface area contributed by atoms with Gasteiger partial charge in [-0.3, -0.25) is 9.63 Å². The minimum absolute atomic E-state index is 0.207. The quantitative estimate of drug-likeness (QED) is 0.367. The lowest BCUT2D eigenvalue weighted by Gasteiger charge is -2.34.